The lowest BCUT2D eigenvalue weighted by Crippen LogP contribution is -2.13. The van der Waals surface area contributed by atoms with Crippen molar-refractivity contribution in [3.05, 3.63) is 36.0 Å². The van der Waals surface area contributed by atoms with Crippen LogP contribution in [0.4, 0.5) is 5.13 Å². The molecule has 0 fully saturated rings. The number of hydrogen-bond acceptors (Lipinski definition) is 8. The van der Waals surface area contributed by atoms with Crippen LogP contribution in [0.2, 0.25) is 0 Å². The SMILES string of the molecule is Cc1nnc(-c2cccc(S(=O)(=O)Nc3nc(C(C)C)ns3)c2)o1. The van der Waals surface area contributed by atoms with E-state index in [2.05, 4.69) is 24.3 Å². The fourth-order valence-corrected chi connectivity index (χ4v) is 3.87. The molecule has 0 aliphatic heterocycles. The number of rotatable bonds is 5. The van der Waals surface area contributed by atoms with Gasteiger partial charge < -0.3 is 4.42 Å². The van der Waals surface area contributed by atoms with Crippen molar-refractivity contribution in [2.24, 2.45) is 0 Å². The summed E-state index contributed by atoms with van der Waals surface area (Å²) in [5.74, 6) is 1.41. The van der Waals surface area contributed by atoms with Crippen LogP contribution in [0.5, 0.6) is 0 Å². The van der Waals surface area contributed by atoms with Gasteiger partial charge in [0.15, 0.2) is 0 Å². The minimum Gasteiger partial charge on any atom is -0.421 e. The topological polar surface area (TPSA) is 111 Å². The molecule has 3 aromatic rings. The lowest BCUT2D eigenvalue weighted by molar-refractivity contribution is 0.532. The van der Waals surface area contributed by atoms with Crippen LogP contribution in [0.1, 0.15) is 31.5 Å². The predicted molar refractivity (Wildman–Crippen MR) is 89.3 cm³/mol. The van der Waals surface area contributed by atoms with E-state index in [0.717, 1.165) is 11.5 Å². The third-order valence-corrected chi connectivity index (χ3v) is 5.21. The molecule has 8 nitrogen and oxygen atoms in total. The molecule has 0 saturated carbocycles. The van der Waals surface area contributed by atoms with Gasteiger partial charge in [0.2, 0.25) is 16.9 Å². The van der Waals surface area contributed by atoms with Crippen LogP contribution < -0.4 is 4.72 Å². The Kier molecular flexibility index (Phi) is 4.33. The minimum atomic E-state index is -3.78. The summed E-state index contributed by atoms with van der Waals surface area (Å²) < 4.78 is 37.0. The van der Waals surface area contributed by atoms with Gasteiger partial charge in [-0.15, -0.1) is 10.2 Å². The highest BCUT2D eigenvalue weighted by Gasteiger charge is 2.19. The molecule has 0 saturated heterocycles. The summed E-state index contributed by atoms with van der Waals surface area (Å²) in [6, 6.07) is 6.27. The normalized spacial score (nSPS) is 11.8. The molecule has 1 aromatic carbocycles. The van der Waals surface area contributed by atoms with Crippen molar-refractivity contribution in [1.29, 1.82) is 0 Å². The van der Waals surface area contributed by atoms with Crippen LogP contribution in [0.15, 0.2) is 33.6 Å². The molecule has 126 valence electrons. The van der Waals surface area contributed by atoms with Crippen LogP contribution in [0.25, 0.3) is 11.5 Å². The second-order valence-electron chi connectivity index (χ2n) is 5.37. The molecule has 2 aromatic heterocycles. The molecule has 0 aliphatic carbocycles. The molecule has 0 bridgehead atoms. The van der Waals surface area contributed by atoms with Crippen molar-refractivity contribution in [1.82, 2.24) is 19.6 Å². The summed E-state index contributed by atoms with van der Waals surface area (Å²) in [5, 5.41) is 7.87. The number of anilines is 1. The monoisotopic (exact) mass is 365 g/mol. The van der Waals surface area contributed by atoms with Crippen molar-refractivity contribution in [2.45, 2.75) is 31.6 Å². The third kappa shape index (κ3) is 3.44. The van der Waals surface area contributed by atoms with Gasteiger partial charge in [0.25, 0.3) is 10.0 Å². The molecular formula is C14H15N5O3S2. The fraction of sp³-hybridized carbons (Fsp3) is 0.286. The second-order valence-corrected chi connectivity index (χ2v) is 7.81. The van der Waals surface area contributed by atoms with E-state index in [4.69, 9.17) is 4.42 Å². The standard InChI is InChI=1S/C14H15N5O3S2/c1-8(2)12-15-14(23-18-12)19-24(20,21)11-6-4-5-10(7-11)13-17-16-9(3)22-13/h4-8H,1-3H3,(H,15,18,19). The van der Waals surface area contributed by atoms with Crippen molar-refractivity contribution < 1.29 is 12.8 Å². The number of aryl methyl sites for hydroxylation is 1. The number of aromatic nitrogens is 4. The van der Waals surface area contributed by atoms with E-state index in [9.17, 15) is 8.42 Å². The van der Waals surface area contributed by atoms with E-state index >= 15 is 0 Å². The van der Waals surface area contributed by atoms with Gasteiger partial charge in [-0.1, -0.05) is 19.9 Å². The van der Waals surface area contributed by atoms with E-state index < -0.39 is 10.0 Å². The first-order chi connectivity index (χ1) is 11.3. The smallest absolute Gasteiger partial charge is 0.263 e. The highest BCUT2D eigenvalue weighted by Crippen LogP contribution is 2.24. The number of nitrogens with one attached hydrogen (secondary N) is 1. The Morgan fingerprint density at radius 2 is 2.04 bits per heavy atom. The van der Waals surface area contributed by atoms with Gasteiger partial charge in [-0.25, -0.2) is 13.4 Å². The summed E-state index contributed by atoms with van der Waals surface area (Å²) in [4.78, 5) is 4.26. The zero-order chi connectivity index (χ0) is 17.3. The number of nitrogens with zero attached hydrogens (tertiary/aromatic N) is 4. The molecule has 0 atom stereocenters. The van der Waals surface area contributed by atoms with E-state index in [1.165, 1.54) is 12.1 Å². The maximum atomic E-state index is 12.5. The zero-order valence-electron chi connectivity index (χ0n) is 13.2. The Labute approximate surface area is 143 Å². The van der Waals surface area contributed by atoms with Gasteiger partial charge in [-0.2, -0.15) is 4.37 Å². The van der Waals surface area contributed by atoms with Gasteiger partial charge in [-0.3, -0.25) is 4.72 Å². The van der Waals surface area contributed by atoms with Crippen LogP contribution in [0, 0.1) is 6.92 Å². The largest absolute Gasteiger partial charge is 0.421 e. The lowest BCUT2D eigenvalue weighted by atomic mass is 10.2. The molecule has 3 rings (SSSR count). The summed E-state index contributed by atoms with van der Waals surface area (Å²) in [6.07, 6.45) is 0. The van der Waals surface area contributed by atoms with Crippen molar-refractivity contribution in [3.8, 4) is 11.5 Å². The highest BCUT2D eigenvalue weighted by molar-refractivity contribution is 7.93. The van der Waals surface area contributed by atoms with Gasteiger partial charge in [-0.05, 0) is 18.2 Å². The summed E-state index contributed by atoms with van der Waals surface area (Å²) in [6.45, 7) is 5.55. The highest BCUT2D eigenvalue weighted by atomic mass is 32.2. The average Bonchev–Trinajstić information content (AvgIpc) is 3.16. The summed E-state index contributed by atoms with van der Waals surface area (Å²) in [7, 11) is -3.78. The lowest BCUT2D eigenvalue weighted by Gasteiger charge is -2.05. The number of sulfonamides is 1. The van der Waals surface area contributed by atoms with E-state index in [0.29, 0.717) is 17.3 Å². The van der Waals surface area contributed by atoms with E-state index in [-0.39, 0.29) is 21.8 Å². The Morgan fingerprint density at radius 3 is 2.67 bits per heavy atom. The maximum absolute atomic E-state index is 12.5. The van der Waals surface area contributed by atoms with Crippen molar-refractivity contribution in [2.75, 3.05) is 4.72 Å². The number of hydrogen-bond donors (Lipinski definition) is 1. The number of benzene rings is 1. The first kappa shape index (κ1) is 16.5. The Morgan fingerprint density at radius 1 is 1.25 bits per heavy atom. The predicted octanol–water partition coefficient (Wildman–Crippen LogP) is 2.82. The maximum Gasteiger partial charge on any atom is 0.263 e. The molecule has 2 heterocycles. The Hall–Kier alpha value is -2.33. The van der Waals surface area contributed by atoms with Crippen LogP contribution in [0.3, 0.4) is 0 Å². The van der Waals surface area contributed by atoms with Crippen molar-refractivity contribution in [3.63, 3.8) is 0 Å². The van der Waals surface area contributed by atoms with Gasteiger partial charge in [0.1, 0.15) is 5.82 Å². The molecule has 0 radical (unpaired) electrons. The molecule has 1 N–H and O–H groups in total. The fourth-order valence-electron chi connectivity index (χ4n) is 1.89. The van der Waals surface area contributed by atoms with E-state index in [1.807, 2.05) is 13.8 Å². The minimum absolute atomic E-state index is 0.0807. The summed E-state index contributed by atoms with van der Waals surface area (Å²) in [5.41, 5.74) is 0.526. The van der Waals surface area contributed by atoms with Crippen LogP contribution >= 0.6 is 11.5 Å². The quantitative estimate of drug-likeness (QED) is 0.740. The average molecular weight is 365 g/mol. The molecule has 0 unspecified atom stereocenters. The zero-order valence-corrected chi connectivity index (χ0v) is 14.8. The molecule has 0 aliphatic rings. The first-order valence-electron chi connectivity index (χ1n) is 7.12. The Balaban J connectivity index is 1.89. The van der Waals surface area contributed by atoms with Crippen LogP contribution in [-0.2, 0) is 10.0 Å². The van der Waals surface area contributed by atoms with Crippen LogP contribution in [-0.4, -0.2) is 28.0 Å². The van der Waals surface area contributed by atoms with Gasteiger partial charge >= 0.3 is 0 Å². The molecule has 10 heteroatoms. The second kappa shape index (κ2) is 6.29. The molecule has 24 heavy (non-hydrogen) atoms. The Bertz CT molecular complexity index is 962. The van der Waals surface area contributed by atoms with E-state index in [1.54, 1.807) is 19.1 Å². The van der Waals surface area contributed by atoms with Gasteiger partial charge in [0, 0.05) is 29.9 Å². The molecule has 0 spiro atoms. The van der Waals surface area contributed by atoms with Gasteiger partial charge in [0.05, 0.1) is 4.90 Å². The third-order valence-electron chi connectivity index (χ3n) is 3.10. The first-order valence-corrected chi connectivity index (χ1v) is 9.38. The summed E-state index contributed by atoms with van der Waals surface area (Å²) >= 11 is 1.01. The molecule has 0 amide bonds. The van der Waals surface area contributed by atoms with Crippen molar-refractivity contribution >= 4 is 26.7 Å². The molecular weight excluding hydrogens is 350 g/mol.